The molecule has 130 valence electrons. The predicted octanol–water partition coefficient (Wildman–Crippen LogP) is 4.20. The summed E-state index contributed by atoms with van der Waals surface area (Å²) in [5.41, 5.74) is 4.59. The van der Waals surface area contributed by atoms with E-state index in [2.05, 4.69) is 4.98 Å². The van der Waals surface area contributed by atoms with Gasteiger partial charge in [-0.05, 0) is 55.3 Å². The number of carbonyl (C=O) groups excluding carboxylic acids is 1. The maximum Gasteiger partial charge on any atom is 0.253 e. The number of fused-ring (bicyclic) bond motifs is 1. The molecule has 0 saturated carbocycles. The van der Waals surface area contributed by atoms with E-state index < -0.39 is 5.82 Å². The highest BCUT2D eigenvalue weighted by atomic mass is 19.1. The van der Waals surface area contributed by atoms with Gasteiger partial charge in [-0.1, -0.05) is 6.07 Å². The lowest BCUT2D eigenvalue weighted by Crippen LogP contribution is -2.26. The average molecular weight is 340 g/mol. The fourth-order valence-electron chi connectivity index (χ4n) is 2.97. The van der Waals surface area contributed by atoms with E-state index in [0.717, 1.165) is 22.2 Å². The lowest BCUT2D eigenvalue weighted by Gasteiger charge is -2.18. The fourth-order valence-corrected chi connectivity index (χ4v) is 2.97. The smallest absolute Gasteiger partial charge is 0.253 e. The Morgan fingerprint density at radius 3 is 2.64 bits per heavy atom. The van der Waals surface area contributed by atoms with E-state index in [1.807, 2.05) is 32.0 Å². The molecule has 0 saturated heterocycles. The van der Waals surface area contributed by atoms with Gasteiger partial charge in [0.1, 0.15) is 0 Å². The highest BCUT2D eigenvalue weighted by molar-refractivity contribution is 5.98. The van der Waals surface area contributed by atoms with Crippen LogP contribution >= 0.6 is 0 Å². The number of benzene rings is 2. The Kier molecular flexibility index (Phi) is 4.49. The number of methoxy groups -OCH3 is 1. The van der Waals surface area contributed by atoms with Crippen LogP contribution in [-0.2, 0) is 6.54 Å². The molecular weight excluding hydrogens is 319 g/mol. The van der Waals surface area contributed by atoms with Crippen LogP contribution in [0.4, 0.5) is 4.39 Å². The van der Waals surface area contributed by atoms with Gasteiger partial charge in [0, 0.05) is 35.8 Å². The van der Waals surface area contributed by atoms with Crippen molar-refractivity contribution < 1.29 is 13.9 Å². The van der Waals surface area contributed by atoms with Gasteiger partial charge < -0.3 is 14.6 Å². The molecule has 4 nitrogen and oxygen atoms in total. The summed E-state index contributed by atoms with van der Waals surface area (Å²) in [6.07, 6.45) is 0. The molecular formula is C20H21FN2O2. The van der Waals surface area contributed by atoms with Gasteiger partial charge in [-0.2, -0.15) is 0 Å². The van der Waals surface area contributed by atoms with Crippen molar-refractivity contribution in [1.29, 1.82) is 0 Å². The largest absolute Gasteiger partial charge is 0.494 e. The maximum absolute atomic E-state index is 13.8. The third-order valence-corrected chi connectivity index (χ3v) is 4.54. The number of halogens is 1. The van der Waals surface area contributed by atoms with Crippen molar-refractivity contribution in [3.05, 3.63) is 64.6 Å². The van der Waals surface area contributed by atoms with Crippen LogP contribution in [0.3, 0.4) is 0 Å². The Hall–Kier alpha value is -2.82. The Morgan fingerprint density at radius 1 is 1.20 bits per heavy atom. The molecule has 1 aromatic heterocycles. The van der Waals surface area contributed by atoms with E-state index in [9.17, 15) is 9.18 Å². The van der Waals surface area contributed by atoms with Gasteiger partial charge in [-0.3, -0.25) is 4.79 Å². The van der Waals surface area contributed by atoms with Gasteiger partial charge in [0.2, 0.25) is 0 Å². The highest BCUT2D eigenvalue weighted by Gasteiger charge is 2.15. The number of aromatic amines is 1. The third kappa shape index (κ3) is 3.22. The lowest BCUT2D eigenvalue weighted by molar-refractivity contribution is 0.0785. The van der Waals surface area contributed by atoms with Crippen LogP contribution in [-0.4, -0.2) is 29.9 Å². The maximum atomic E-state index is 13.8. The zero-order chi connectivity index (χ0) is 18.1. The van der Waals surface area contributed by atoms with Crippen LogP contribution in [0.5, 0.6) is 5.75 Å². The minimum Gasteiger partial charge on any atom is -0.494 e. The van der Waals surface area contributed by atoms with E-state index in [0.29, 0.717) is 17.7 Å². The number of nitrogens with one attached hydrogen (secondary N) is 1. The minimum absolute atomic E-state index is 0.101. The summed E-state index contributed by atoms with van der Waals surface area (Å²) in [6, 6.07) is 10.4. The van der Waals surface area contributed by atoms with Gasteiger partial charge in [0.05, 0.1) is 7.11 Å². The Balaban J connectivity index is 1.82. The average Bonchev–Trinajstić information content (AvgIpc) is 2.88. The summed E-state index contributed by atoms with van der Waals surface area (Å²) >= 11 is 0. The molecule has 1 N–H and O–H groups in total. The van der Waals surface area contributed by atoms with Crippen LogP contribution < -0.4 is 4.74 Å². The molecule has 0 aliphatic heterocycles. The number of hydrogen-bond acceptors (Lipinski definition) is 2. The molecule has 25 heavy (non-hydrogen) atoms. The molecule has 2 aromatic carbocycles. The summed E-state index contributed by atoms with van der Waals surface area (Å²) in [5.74, 6) is -0.335. The number of hydrogen-bond donors (Lipinski definition) is 1. The van der Waals surface area contributed by atoms with E-state index in [-0.39, 0.29) is 11.7 Å². The number of H-pyrrole nitrogens is 1. The molecule has 1 amide bonds. The molecule has 0 unspecified atom stereocenters. The van der Waals surface area contributed by atoms with Crippen molar-refractivity contribution in [3.8, 4) is 5.75 Å². The normalized spacial score (nSPS) is 10.9. The number of aromatic nitrogens is 1. The number of rotatable bonds is 4. The lowest BCUT2D eigenvalue weighted by atomic mass is 10.1. The Bertz CT molecular complexity index is 946. The molecule has 0 spiro atoms. The second kappa shape index (κ2) is 6.59. The Morgan fingerprint density at radius 2 is 1.96 bits per heavy atom. The molecule has 5 heteroatoms. The molecule has 3 rings (SSSR count). The van der Waals surface area contributed by atoms with Crippen LogP contribution in [0.25, 0.3) is 10.9 Å². The van der Waals surface area contributed by atoms with Gasteiger partial charge >= 0.3 is 0 Å². The standard InChI is InChI=1S/C20H21FN2O2/c1-12-13(2)22-18-7-6-15(10-16(12)18)20(24)23(3)11-14-5-8-19(25-4)17(21)9-14/h5-10,22H,11H2,1-4H3. The van der Waals surface area contributed by atoms with Crippen LogP contribution in [0.15, 0.2) is 36.4 Å². The zero-order valence-corrected chi connectivity index (χ0v) is 14.8. The molecule has 0 radical (unpaired) electrons. The quantitative estimate of drug-likeness (QED) is 0.773. The first-order chi connectivity index (χ1) is 11.9. The van der Waals surface area contributed by atoms with E-state index >= 15 is 0 Å². The third-order valence-electron chi connectivity index (χ3n) is 4.54. The van der Waals surface area contributed by atoms with E-state index in [1.165, 1.54) is 13.2 Å². The van der Waals surface area contributed by atoms with Crippen molar-refractivity contribution in [2.24, 2.45) is 0 Å². The second-order valence-corrected chi connectivity index (χ2v) is 6.27. The number of nitrogens with zero attached hydrogens (tertiary/aromatic N) is 1. The van der Waals surface area contributed by atoms with Crippen LogP contribution in [0.1, 0.15) is 27.2 Å². The van der Waals surface area contributed by atoms with Gasteiger partial charge in [-0.25, -0.2) is 4.39 Å². The first-order valence-electron chi connectivity index (χ1n) is 8.07. The first-order valence-corrected chi connectivity index (χ1v) is 8.07. The summed E-state index contributed by atoms with van der Waals surface area (Å²) in [6.45, 7) is 4.37. The molecule has 3 aromatic rings. The SMILES string of the molecule is COc1ccc(CN(C)C(=O)c2ccc3[nH]c(C)c(C)c3c2)cc1F. The van der Waals surface area contributed by atoms with Crippen molar-refractivity contribution in [1.82, 2.24) is 9.88 Å². The van der Waals surface area contributed by atoms with Crippen LogP contribution in [0.2, 0.25) is 0 Å². The van der Waals surface area contributed by atoms with Gasteiger partial charge in [-0.15, -0.1) is 0 Å². The highest BCUT2D eigenvalue weighted by Crippen LogP contribution is 2.23. The summed E-state index contributed by atoms with van der Waals surface area (Å²) in [5, 5.41) is 1.05. The number of amides is 1. The zero-order valence-electron chi connectivity index (χ0n) is 14.8. The van der Waals surface area contributed by atoms with Crippen molar-refractivity contribution in [3.63, 3.8) is 0 Å². The van der Waals surface area contributed by atoms with E-state index in [4.69, 9.17) is 4.74 Å². The van der Waals surface area contributed by atoms with Crippen molar-refractivity contribution >= 4 is 16.8 Å². The topological polar surface area (TPSA) is 45.3 Å². The second-order valence-electron chi connectivity index (χ2n) is 6.27. The summed E-state index contributed by atoms with van der Waals surface area (Å²) in [4.78, 5) is 17.6. The van der Waals surface area contributed by atoms with Crippen LogP contribution in [0, 0.1) is 19.7 Å². The van der Waals surface area contributed by atoms with Crippen molar-refractivity contribution in [2.75, 3.05) is 14.2 Å². The summed E-state index contributed by atoms with van der Waals surface area (Å²) < 4.78 is 18.7. The first kappa shape index (κ1) is 17.0. The number of aryl methyl sites for hydroxylation is 2. The van der Waals surface area contributed by atoms with E-state index in [1.54, 1.807) is 24.1 Å². The summed E-state index contributed by atoms with van der Waals surface area (Å²) in [7, 11) is 3.14. The number of ether oxygens (including phenoxy) is 1. The van der Waals surface area contributed by atoms with Gasteiger partial charge in [0.15, 0.2) is 11.6 Å². The molecule has 0 aliphatic rings. The number of carbonyl (C=O) groups is 1. The van der Waals surface area contributed by atoms with Gasteiger partial charge in [0.25, 0.3) is 5.91 Å². The monoisotopic (exact) mass is 340 g/mol. The predicted molar refractivity (Wildman–Crippen MR) is 96.5 cm³/mol. The molecule has 1 heterocycles. The minimum atomic E-state index is -0.430. The molecule has 0 atom stereocenters. The Labute approximate surface area is 146 Å². The molecule has 0 aliphatic carbocycles. The fraction of sp³-hybridized carbons (Fsp3) is 0.250. The van der Waals surface area contributed by atoms with Crippen molar-refractivity contribution in [2.45, 2.75) is 20.4 Å². The molecule has 0 bridgehead atoms. The molecule has 0 fully saturated rings.